The van der Waals surface area contributed by atoms with Crippen molar-refractivity contribution in [2.24, 2.45) is 0 Å². The van der Waals surface area contributed by atoms with Gasteiger partial charge in [0.1, 0.15) is 5.88 Å². The zero-order valence-electron chi connectivity index (χ0n) is 10.2. The van der Waals surface area contributed by atoms with Crippen LogP contribution in [0.5, 0.6) is 0 Å². The van der Waals surface area contributed by atoms with Crippen molar-refractivity contribution >= 4 is 27.3 Å². The van der Waals surface area contributed by atoms with Gasteiger partial charge in [0.05, 0.1) is 17.6 Å². The molecule has 0 aliphatic carbocycles. The van der Waals surface area contributed by atoms with E-state index in [4.69, 9.17) is 16.3 Å². The number of hydrogen-bond acceptors (Lipinski definition) is 4. The average molecular weight is 296 g/mol. The molecular weight excluding hydrogens is 278 g/mol. The summed E-state index contributed by atoms with van der Waals surface area (Å²) in [4.78, 5) is 13.4. The summed E-state index contributed by atoms with van der Waals surface area (Å²) in [5, 5.41) is 0. The predicted octanol–water partition coefficient (Wildman–Crippen LogP) is 0.420. The number of sulfone groups is 1. The van der Waals surface area contributed by atoms with E-state index in [9.17, 15) is 13.2 Å². The molecule has 5 nitrogen and oxygen atoms in total. The van der Waals surface area contributed by atoms with Crippen molar-refractivity contribution in [3.05, 3.63) is 0 Å². The monoisotopic (exact) mass is 295 g/mol. The molecule has 0 aromatic carbocycles. The molecule has 0 aromatic rings. The minimum Gasteiger partial charge on any atom is -0.376 e. The molecular formula is C11H18ClNO4S. The summed E-state index contributed by atoms with van der Waals surface area (Å²) in [6.07, 6.45) is 2.46. The van der Waals surface area contributed by atoms with E-state index in [2.05, 4.69) is 0 Å². The Kier molecular flexibility index (Phi) is 4.50. The highest BCUT2D eigenvalue weighted by atomic mass is 35.5. The fourth-order valence-electron chi connectivity index (χ4n) is 2.56. The Morgan fingerprint density at radius 1 is 1.39 bits per heavy atom. The lowest BCUT2D eigenvalue weighted by Gasteiger charge is -2.29. The maximum absolute atomic E-state index is 11.8. The molecule has 2 aliphatic heterocycles. The van der Waals surface area contributed by atoms with Crippen molar-refractivity contribution in [3.63, 3.8) is 0 Å². The van der Waals surface area contributed by atoms with Gasteiger partial charge in [0.15, 0.2) is 9.84 Å². The van der Waals surface area contributed by atoms with Gasteiger partial charge in [-0.3, -0.25) is 4.79 Å². The summed E-state index contributed by atoms with van der Waals surface area (Å²) >= 11 is 5.60. The van der Waals surface area contributed by atoms with Gasteiger partial charge in [-0.05, 0) is 19.3 Å². The maximum Gasteiger partial charge on any atom is 0.237 e. The Morgan fingerprint density at radius 3 is 2.67 bits per heavy atom. The summed E-state index contributed by atoms with van der Waals surface area (Å²) in [6, 6.07) is -0.231. The van der Waals surface area contributed by atoms with Crippen molar-refractivity contribution < 1.29 is 17.9 Å². The highest BCUT2D eigenvalue weighted by Gasteiger charge is 2.35. The third kappa shape index (κ3) is 3.36. The minimum absolute atomic E-state index is 0.0282. The number of amides is 1. The van der Waals surface area contributed by atoms with Gasteiger partial charge in [-0.15, -0.1) is 11.6 Å². The van der Waals surface area contributed by atoms with Crippen LogP contribution in [-0.4, -0.2) is 61.9 Å². The van der Waals surface area contributed by atoms with Crippen molar-refractivity contribution in [3.8, 4) is 0 Å². The maximum atomic E-state index is 11.8. The van der Waals surface area contributed by atoms with Crippen LogP contribution in [0.4, 0.5) is 0 Å². The van der Waals surface area contributed by atoms with Crippen LogP contribution in [-0.2, 0) is 19.4 Å². The predicted molar refractivity (Wildman–Crippen MR) is 68.5 cm³/mol. The Morgan fingerprint density at radius 2 is 2.17 bits per heavy atom. The van der Waals surface area contributed by atoms with Crippen LogP contribution in [0.15, 0.2) is 0 Å². The van der Waals surface area contributed by atoms with E-state index in [-0.39, 0.29) is 35.4 Å². The van der Waals surface area contributed by atoms with E-state index >= 15 is 0 Å². The molecule has 0 bridgehead atoms. The molecule has 2 fully saturated rings. The fourth-order valence-corrected chi connectivity index (χ4v) is 4.44. The van der Waals surface area contributed by atoms with Gasteiger partial charge in [-0.25, -0.2) is 8.42 Å². The van der Waals surface area contributed by atoms with Crippen LogP contribution < -0.4 is 0 Å². The van der Waals surface area contributed by atoms with E-state index < -0.39 is 9.84 Å². The second-order valence-electron chi connectivity index (χ2n) is 4.87. The standard InChI is InChI=1S/C11H18ClNO4S/c12-6-11(14)13(7-10-2-1-4-17-10)9-3-5-18(15,16)8-9/h9-10H,1-8H2. The van der Waals surface area contributed by atoms with E-state index in [0.717, 1.165) is 19.4 Å². The lowest BCUT2D eigenvalue weighted by Crippen LogP contribution is -2.45. The van der Waals surface area contributed by atoms with Crippen LogP contribution in [0.2, 0.25) is 0 Å². The lowest BCUT2D eigenvalue weighted by molar-refractivity contribution is -0.132. The largest absolute Gasteiger partial charge is 0.376 e. The number of carbonyl (C=O) groups is 1. The van der Waals surface area contributed by atoms with Gasteiger partial charge in [0.25, 0.3) is 0 Å². The van der Waals surface area contributed by atoms with E-state index in [1.165, 1.54) is 0 Å². The minimum atomic E-state index is -2.99. The van der Waals surface area contributed by atoms with Crippen LogP contribution in [0.25, 0.3) is 0 Å². The highest BCUT2D eigenvalue weighted by molar-refractivity contribution is 7.91. The fraction of sp³-hybridized carbons (Fsp3) is 0.909. The lowest BCUT2D eigenvalue weighted by atomic mass is 10.1. The normalized spacial score (nSPS) is 30.5. The van der Waals surface area contributed by atoms with Gasteiger partial charge >= 0.3 is 0 Å². The van der Waals surface area contributed by atoms with Crippen LogP contribution >= 0.6 is 11.6 Å². The summed E-state index contributed by atoms with van der Waals surface area (Å²) in [7, 11) is -2.99. The number of hydrogen-bond donors (Lipinski definition) is 0. The average Bonchev–Trinajstić information content (AvgIpc) is 2.94. The zero-order valence-corrected chi connectivity index (χ0v) is 11.8. The summed E-state index contributed by atoms with van der Waals surface area (Å²) < 4.78 is 28.5. The molecule has 2 heterocycles. The number of alkyl halides is 1. The van der Waals surface area contributed by atoms with Crippen molar-refractivity contribution in [2.75, 3.05) is 30.5 Å². The van der Waals surface area contributed by atoms with Gasteiger partial charge in [0, 0.05) is 19.2 Å². The van der Waals surface area contributed by atoms with Gasteiger partial charge < -0.3 is 9.64 Å². The first-order valence-electron chi connectivity index (χ1n) is 6.19. The molecule has 0 spiro atoms. The molecule has 104 valence electrons. The Bertz CT molecular complexity index is 405. The molecule has 0 aromatic heterocycles. The number of carbonyl (C=O) groups excluding carboxylic acids is 1. The second-order valence-corrected chi connectivity index (χ2v) is 7.37. The smallest absolute Gasteiger partial charge is 0.237 e. The summed E-state index contributed by atoms with van der Waals surface area (Å²) in [5.74, 6) is -0.0878. The molecule has 0 radical (unpaired) electrons. The Labute approximate surface area is 112 Å². The van der Waals surface area contributed by atoms with Crippen LogP contribution in [0, 0.1) is 0 Å². The van der Waals surface area contributed by atoms with Crippen molar-refractivity contribution in [1.29, 1.82) is 0 Å². The number of rotatable bonds is 4. The number of ether oxygens (including phenoxy) is 1. The van der Waals surface area contributed by atoms with E-state index in [0.29, 0.717) is 13.0 Å². The van der Waals surface area contributed by atoms with E-state index in [1.54, 1.807) is 4.90 Å². The molecule has 2 atom stereocenters. The van der Waals surface area contributed by atoms with Crippen molar-refractivity contribution in [2.45, 2.75) is 31.4 Å². The topological polar surface area (TPSA) is 63.7 Å². The molecule has 0 saturated carbocycles. The van der Waals surface area contributed by atoms with Crippen LogP contribution in [0.1, 0.15) is 19.3 Å². The molecule has 2 aliphatic rings. The molecule has 2 rings (SSSR count). The Hall–Kier alpha value is -0.330. The van der Waals surface area contributed by atoms with Crippen molar-refractivity contribution in [1.82, 2.24) is 4.90 Å². The van der Waals surface area contributed by atoms with Crippen LogP contribution in [0.3, 0.4) is 0 Å². The molecule has 7 heteroatoms. The summed E-state index contributed by atoms with van der Waals surface area (Å²) in [6.45, 7) is 1.18. The van der Waals surface area contributed by atoms with Gasteiger partial charge in [0.2, 0.25) is 5.91 Å². The Balaban J connectivity index is 2.03. The first kappa shape index (κ1) is 14.1. The molecule has 2 unspecified atom stereocenters. The quantitative estimate of drug-likeness (QED) is 0.705. The first-order chi connectivity index (χ1) is 8.52. The molecule has 0 N–H and O–H groups in total. The molecule has 18 heavy (non-hydrogen) atoms. The first-order valence-corrected chi connectivity index (χ1v) is 8.55. The number of nitrogens with zero attached hydrogens (tertiary/aromatic N) is 1. The van der Waals surface area contributed by atoms with Gasteiger partial charge in [-0.2, -0.15) is 0 Å². The highest BCUT2D eigenvalue weighted by Crippen LogP contribution is 2.21. The van der Waals surface area contributed by atoms with E-state index in [1.807, 2.05) is 0 Å². The molecule has 2 saturated heterocycles. The third-order valence-electron chi connectivity index (χ3n) is 3.51. The van der Waals surface area contributed by atoms with Gasteiger partial charge in [-0.1, -0.05) is 0 Å². The molecule has 1 amide bonds. The number of halogens is 1. The second kappa shape index (κ2) is 5.75. The third-order valence-corrected chi connectivity index (χ3v) is 5.49. The summed E-state index contributed by atoms with van der Waals surface area (Å²) in [5.41, 5.74) is 0. The SMILES string of the molecule is O=C(CCl)N(CC1CCCO1)C1CCS(=O)(=O)C1. The zero-order chi connectivity index (χ0) is 13.2.